The first-order chi connectivity index (χ1) is 14.1. The third kappa shape index (κ3) is 4.59. The Morgan fingerprint density at radius 2 is 1.87 bits per heavy atom. The highest BCUT2D eigenvalue weighted by Gasteiger charge is 2.38. The van der Waals surface area contributed by atoms with Gasteiger partial charge in [-0.15, -0.1) is 0 Å². The van der Waals surface area contributed by atoms with Crippen molar-refractivity contribution < 1.29 is 27.5 Å². The Kier molecular flexibility index (Phi) is 6.36. The van der Waals surface area contributed by atoms with Crippen molar-refractivity contribution in [2.24, 2.45) is 0 Å². The third-order valence-corrected chi connectivity index (χ3v) is 5.63. The molecule has 0 radical (unpaired) electrons. The summed E-state index contributed by atoms with van der Waals surface area (Å²) in [6.07, 6.45) is -4.65. The van der Waals surface area contributed by atoms with Crippen LogP contribution in [0.4, 0.5) is 13.2 Å². The summed E-state index contributed by atoms with van der Waals surface area (Å²) in [6, 6.07) is 12.1. The van der Waals surface area contributed by atoms with Crippen LogP contribution in [0.15, 0.2) is 64.3 Å². The highest BCUT2D eigenvalue weighted by molar-refractivity contribution is 9.10. The van der Waals surface area contributed by atoms with E-state index in [1.165, 1.54) is 24.1 Å². The molecule has 30 heavy (non-hydrogen) atoms. The molecule has 0 saturated carbocycles. The standard InChI is InChI=1S/C22H19BrF3NO3/c1-13-20(21(29)30-2)18(15-4-3-5-16(10-15)22(24,25)26)11-19(28)27(13)12-14-6-8-17(23)9-7-14/h3-10,18H,11-12H2,1-2H3. The van der Waals surface area contributed by atoms with E-state index in [2.05, 4.69) is 15.9 Å². The molecule has 3 rings (SSSR count). The zero-order chi connectivity index (χ0) is 22.1. The molecule has 1 heterocycles. The maximum Gasteiger partial charge on any atom is 0.416 e. The number of carbonyl (C=O) groups is 2. The maximum absolute atomic E-state index is 13.2. The fourth-order valence-corrected chi connectivity index (χ4v) is 3.83. The second-order valence-corrected chi connectivity index (χ2v) is 7.89. The Bertz CT molecular complexity index is 999. The van der Waals surface area contributed by atoms with Crippen LogP contribution in [-0.4, -0.2) is 23.9 Å². The van der Waals surface area contributed by atoms with E-state index in [-0.39, 0.29) is 30.0 Å². The van der Waals surface area contributed by atoms with Crippen LogP contribution in [0.2, 0.25) is 0 Å². The zero-order valence-corrected chi connectivity index (χ0v) is 17.9. The Hall–Kier alpha value is -2.61. The number of ether oxygens (including phenoxy) is 1. The molecule has 1 aliphatic rings. The topological polar surface area (TPSA) is 46.6 Å². The highest BCUT2D eigenvalue weighted by Crippen LogP contribution is 2.39. The molecule has 1 amide bonds. The predicted octanol–water partition coefficient (Wildman–Crippen LogP) is 5.43. The molecule has 0 N–H and O–H groups in total. The van der Waals surface area contributed by atoms with Crippen molar-refractivity contribution in [1.29, 1.82) is 0 Å². The number of halogens is 4. The molecule has 0 spiro atoms. The lowest BCUT2D eigenvalue weighted by atomic mass is 9.83. The number of esters is 1. The summed E-state index contributed by atoms with van der Waals surface area (Å²) in [5, 5.41) is 0. The maximum atomic E-state index is 13.2. The van der Waals surface area contributed by atoms with Crippen molar-refractivity contribution >= 4 is 27.8 Å². The first-order valence-corrected chi connectivity index (χ1v) is 9.92. The summed E-state index contributed by atoms with van der Waals surface area (Å²) in [6.45, 7) is 1.86. The van der Waals surface area contributed by atoms with E-state index in [1.54, 1.807) is 6.92 Å². The van der Waals surface area contributed by atoms with Crippen molar-refractivity contribution in [1.82, 2.24) is 4.90 Å². The van der Waals surface area contributed by atoms with Crippen molar-refractivity contribution in [3.05, 3.63) is 81.0 Å². The molecule has 0 bridgehead atoms. The van der Waals surface area contributed by atoms with Gasteiger partial charge in [0, 0.05) is 22.5 Å². The van der Waals surface area contributed by atoms with Gasteiger partial charge in [0.15, 0.2) is 0 Å². The molecule has 0 fully saturated rings. The molecule has 8 heteroatoms. The second kappa shape index (κ2) is 8.63. The predicted molar refractivity (Wildman–Crippen MR) is 108 cm³/mol. The van der Waals surface area contributed by atoms with Crippen LogP contribution in [0.3, 0.4) is 0 Å². The number of hydrogen-bond donors (Lipinski definition) is 0. The van der Waals surface area contributed by atoms with Gasteiger partial charge in [0.2, 0.25) is 5.91 Å². The Morgan fingerprint density at radius 1 is 1.20 bits per heavy atom. The van der Waals surface area contributed by atoms with Gasteiger partial charge in [0.1, 0.15) is 0 Å². The first kappa shape index (κ1) is 22.1. The minimum Gasteiger partial charge on any atom is -0.466 e. The van der Waals surface area contributed by atoms with Gasteiger partial charge in [0.05, 0.1) is 24.8 Å². The quantitative estimate of drug-likeness (QED) is 0.546. The van der Waals surface area contributed by atoms with Crippen LogP contribution in [0.5, 0.6) is 0 Å². The minimum atomic E-state index is -4.52. The Morgan fingerprint density at radius 3 is 2.47 bits per heavy atom. The van der Waals surface area contributed by atoms with Crippen molar-refractivity contribution in [3.63, 3.8) is 0 Å². The number of amides is 1. The number of carbonyl (C=O) groups excluding carboxylic acids is 2. The molecule has 0 aromatic heterocycles. The number of alkyl halides is 3. The average molecular weight is 482 g/mol. The fourth-order valence-electron chi connectivity index (χ4n) is 3.57. The lowest BCUT2D eigenvalue weighted by molar-refractivity contribution is -0.138. The summed E-state index contributed by atoms with van der Waals surface area (Å²) in [5.41, 5.74) is 0.845. The Labute approximate surface area is 180 Å². The smallest absolute Gasteiger partial charge is 0.416 e. The molecule has 1 atom stereocenters. The summed E-state index contributed by atoms with van der Waals surface area (Å²) in [4.78, 5) is 26.9. The van der Waals surface area contributed by atoms with Crippen LogP contribution in [0, 0.1) is 0 Å². The molecular weight excluding hydrogens is 463 g/mol. The average Bonchev–Trinajstić information content (AvgIpc) is 2.71. The van der Waals surface area contributed by atoms with Gasteiger partial charge in [-0.25, -0.2) is 4.79 Å². The van der Waals surface area contributed by atoms with Crippen molar-refractivity contribution in [2.45, 2.75) is 32.0 Å². The van der Waals surface area contributed by atoms with Crippen LogP contribution in [0.1, 0.15) is 36.0 Å². The third-order valence-electron chi connectivity index (χ3n) is 5.10. The van der Waals surface area contributed by atoms with E-state index in [4.69, 9.17) is 4.74 Å². The molecule has 2 aromatic rings. The molecule has 2 aromatic carbocycles. The van der Waals surface area contributed by atoms with E-state index in [9.17, 15) is 22.8 Å². The molecule has 158 valence electrons. The second-order valence-electron chi connectivity index (χ2n) is 6.98. The summed E-state index contributed by atoms with van der Waals surface area (Å²) >= 11 is 3.35. The SMILES string of the molecule is COC(=O)C1=C(C)N(Cc2ccc(Br)cc2)C(=O)CC1c1cccc(C(F)(F)F)c1. The van der Waals surface area contributed by atoms with Crippen molar-refractivity contribution in [3.8, 4) is 0 Å². The summed E-state index contributed by atoms with van der Waals surface area (Å²) in [5.74, 6) is -1.75. The van der Waals surface area contributed by atoms with Gasteiger partial charge in [-0.2, -0.15) is 13.2 Å². The monoisotopic (exact) mass is 481 g/mol. The van der Waals surface area contributed by atoms with E-state index in [0.29, 0.717) is 5.70 Å². The van der Waals surface area contributed by atoms with Gasteiger partial charge >= 0.3 is 12.1 Å². The number of hydrogen-bond acceptors (Lipinski definition) is 3. The van der Waals surface area contributed by atoms with Crippen molar-refractivity contribution in [2.75, 3.05) is 7.11 Å². The highest BCUT2D eigenvalue weighted by atomic mass is 79.9. The van der Waals surface area contributed by atoms with Gasteiger partial charge < -0.3 is 9.64 Å². The summed E-state index contributed by atoms with van der Waals surface area (Å²) in [7, 11) is 1.21. The van der Waals surface area contributed by atoms with Gasteiger partial charge in [-0.05, 0) is 36.2 Å². The zero-order valence-electron chi connectivity index (χ0n) is 16.3. The van der Waals surface area contributed by atoms with Crippen LogP contribution >= 0.6 is 15.9 Å². The first-order valence-electron chi connectivity index (χ1n) is 9.13. The van der Waals surface area contributed by atoms with E-state index in [1.807, 2.05) is 24.3 Å². The van der Waals surface area contributed by atoms with E-state index < -0.39 is 23.6 Å². The number of methoxy groups -OCH3 is 1. The number of allylic oxidation sites excluding steroid dienone is 1. The van der Waals surface area contributed by atoms with E-state index in [0.717, 1.165) is 22.2 Å². The number of nitrogens with zero attached hydrogens (tertiary/aromatic N) is 1. The normalized spacial score (nSPS) is 17.3. The van der Waals surface area contributed by atoms with Crippen LogP contribution in [-0.2, 0) is 27.0 Å². The lowest BCUT2D eigenvalue weighted by Gasteiger charge is -2.34. The van der Waals surface area contributed by atoms with Gasteiger partial charge in [0.25, 0.3) is 0 Å². The molecule has 1 aliphatic heterocycles. The van der Waals surface area contributed by atoms with Crippen LogP contribution < -0.4 is 0 Å². The summed E-state index contributed by atoms with van der Waals surface area (Å²) < 4.78 is 45.3. The number of rotatable bonds is 4. The lowest BCUT2D eigenvalue weighted by Crippen LogP contribution is -2.38. The molecule has 0 aliphatic carbocycles. The largest absolute Gasteiger partial charge is 0.466 e. The minimum absolute atomic E-state index is 0.125. The molecule has 4 nitrogen and oxygen atoms in total. The van der Waals surface area contributed by atoms with Crippen LogP contribution in [0.25, 0.3) is 0 Å². The molecule has 1 unspecified atom stereocenters. The Balaban J connectivity index is 2.04. The molecule has 0 saturated heterocycles. The van der Waals surface area contributed by atoms with Gasteiger partial charge in [-0.1, -0.05) is 46.3 Å². The van der Waals surface area contributed by atoms with E-state index >= 15 is 0 Å². The number of benzene rings is 2. The fraction of sp³-hybridized carbons (Fsp3) is 0.273. The molecular formula is C22H19BrF3NO3. The van der Waals surface area contributed by atoms with Gasteiger partial charge in [-0.3, -0.25) is 4.79 Å².